The Morgan fingerprint density at radius 2 is 2.05 bits per heavy atom. The van der Waals surface area contributed by atoms with Crippen LogP contribution in [0.25, 0.3) is 0 Å². The maximum atomic E-state index is 11.1. The molecule has 0 fully saturated rings. The van der Waals surface area contributed by atoms with Crippen molar-refractivity contribution in [2.45, 2.75) is 17.1 Å². The van der Waals surface area contributed by atoms with Gasteiger partial charge >= 0.3 is 5.69 Å². The highest BCUT2D eigenvalue weighted by molar-refractivity contribution is 7.99. The van der Waals surface area contributed by atoms with Crippen molar-refractivity contribution >= 4 is 23.3 Å². The minimum absolute atomic E-state index is 0.165. The maximum Gasteiger partial charge on any atom is 0.343 e. The van der Waals surface area contributed by atoms with Crippen LogP contribution in [-0.4, -0.2) is 31.4 Å². The molecular formula is C10H10N6O2S. The zero-order valence-corrected chi connectivity index (χ0v) is 10.8. The number of nitro groups is 1. The van der Waals surface area contributed by atoms with E-state index in [4.69, 9.17) is 0 Å². The van der Waals surface area contributed by atoms with Gasteiger partial charge in [-0.05, 0) is 24.8 Å². The summed E-state index contributed by atoms with van der Waals surface area (Å²) in [5.41, 5.74) is -0.165. The van der Waals surface area contributed by atoms with E-state index in [1.54, 1.807) is 18.5 Å². The molecule has 0 spiro atoms. The number of nitrogens with one attached hydrogen (secondary N) is 1. The van der Waals surface area contributed by atoms with Crippen molar-refractivity contribution < 1.29 is 4.92 Å². The standard InChI is InChI=1S/C10H10N6O2S/c1-2-11-8-7(16(17)18)9(15-6-14-8)19-10-12-4-3-5-13-10/h3-6H,2H2,1H3,(H,11,14,15). The third kappa shape index (κ3) is 3.13. The Morgan fingerprint density at radius 1 is 1.32 bits per heavy atom. The van der Waals surface area contributed by atoms with Crippen LogP contribution in [0.1, 0.15) is 6.92 Å². The van der Waals surface area contributed by atoms with Crippen LogP contribution in [0.4, 0.5) is 11.5 Å². The number of nitrogens with zero attached hydrogens (tertiary/aromatic N) is 5. The van der Waals surface area contributed by atoms with Gasteiger partial charge in [-0.15, -0.1) is 0 Å². The highest BCUT2D eigenvalue weighted by atomic mass is 32.2. The molecule has 1 N–H and O–H groups in total. The molecule has 9 heteroatoms. The lowest BCUT2D eigenvalue weighted by molar-refractivity contribution is -0.387. The predicted molar refractivity (Wildman–Crippen MR) is 69.0 cm³/mol. The number of rotatable bonds is 5. The summed E-state index contributed by atoms with van der Waals surface area (Å²) in [6.45, 7) is 2.36. The van der Waals surface area contributed by atoms with Crippen molar-refractivity contribution in [3.05, 3.63) is 34.9 Å². The van der Waals surface area contributed by atoms with Crippen molar-refractivity contribution in [3.8, 4) is 0 Å². The number of hydrogen-bond acceptors (Lipinski definition) is 8. The molecule has 0 aliphatic heterocycles. The highest BCUT2D eigenvalue weighted by Crippen LogP contribution is 2.34. The monoisotopic (exact) mass is 278 g/mol. The van der Waals surface area contributed by atoms with E-state index in [1.807, 2.05) is 6.92 Å². The van der Waals surface area contributed by atoms with Gasteiger partial charge in [-0.25, -0.2) is 19.9 Å². The van der Waals surface area contributed by atoms with Crippen molar-refractivity contribution in [1.82, 2.24) is 19.9 Å². The highest BCUT2D eigenvalue weighted by Gasteiger charge is 2.23. The van der Waals surface area contributed by atoms with Gasteiger partial charge in [0, 0.05) is 18.9 Å². The predicted octanol–water partition coefficient (Wildman–Crippen LogP) is 1.76. The van der Waals surface area contributed by atoms with Crippen LogP contribution in [-0.2, 0) is 0 Å². The van der Waals surface area contributed by atoms with Gasteiger partial charge in [-0.2, -0.15) is 0 Å². The zero-order valence-electron chi connectivity index (χ0n) is 9.98. The molecule has 2 aromatic heterocycles. The second-order valence-electron chi connectivity index (χ2n) is 3.30. The van der Waals surface area contributed by atoms with Gasteiger partial charge < -0.3 is 5.32 Å². The molecule has 0 radical (unpaired) electrons. The second kappa shape index (κ2) is 6.05. The van der Waals surface area contributed by atoms with Crippen LogP contribution in [0.3, 0.4) is 0 Å². The first-order chi connectivity index (χ1) is 9.22. The third-order valence-corrected chi connectivity index (χ3v) is 2.93. The normalized spacial score (nSPS) is 10.2. The molecule has 0 amide bonds. The molecule has 0 unspecified atom stereocenters. The van der Waals surface area contributed by atoms with Crippen LogP contribution in [0.2, 0.25) is 0 Å². The van der Waals surface area contributed by atoms with E-state index in [1.165, 1.54) is 6.33 Å². The molecule has 2 heterocycles. The molecule has 0 aliphatic rings. The average molecular weight is 278 g/mol. The van der Waals surface area contributed by atoms with E-state index in [-0.39, 0.29) is 16.5 Å². The fourth-order valence-corrected chi connectivity index (χ4v) is 2.09. The summed E-state index contributed by atoms with van der Waals surface area (Å²) < 4.78 is 0. The van der Waals surface area contributed by atoms with Gasteiger partial charge in [0.2, 0.25) is 5.82 Å². The van der Waals surface area contributed by atoms with E-state index in [2.05, 4.69) is 25.3 Å². The van der Waals surface area contributed by atoms with Crippen molar-refractivity contribution in [2.24, 2.45) is 0 Å². The quantitative estimate of drug-likeness (QED) is 0.381. The lowest BCUT2D eigenvalue weighted by atomic mass is 10.5. The second-order valence-corrected chi connectivity index (χ2v) is 4.25. The van der Waals surface area contributed by atoms with Crippen LogP contribution < -0.4 is 5.32 Å². The first-order valence-corrected chi connectivity index (χ1v) is 6.22. The van der Waals surface area contributed by atoms with Crippen LogP contribution >= 0.6 is 11.8 Å². The van der Waals surface area contributed by atoms with Gasteiger partial charge in [-0.3, -0.25) is 10.1 Å². The number of aromatic nitrogens is 4. The molecule has 8 nitrogen and oxygen atoms in total. The smallest absolute Gasteiger partial charge is 0.343 e. The maximum absolute atomic E-state index is 11.1. The molecule has 0 atom stereocenters. The molecule has 2 aromatic rings. The largest absolute Gasteiger partial charge is 0.364 e. The Bertz CT molecular complexity index is 579. The Hall–Kier alpha value is -2.29. The van der Waals surface area contributed by atoms with Gasteiger partial charge in [-0.1, -0.05) is 0 Å². The molecular weight excluding hydrogens is 268 g/mol. The fraction of sp³-hybridized carbons (Fsp3) is 0.200. The first-order valence-electron chi connectivity index (χ1n) is 5.40. The summed E-state index contributed by atoms with van der Waals surface area (Å²) in [4.78, 5) is 26.4. The topological polar surface area (TPSA) is 107 Å². The summed E-state index contributed by atoms with van der Waals surface area (Å²) in [5, 5.41) is 14.6. The van der Waals surface area contributed by atoms with E-state index in [9.17, 15) is 10.1 Å². The van der Waals surface area contributed by atoms with Gasteiger partial charge in [0.05, 0.1) is 4.92 Å². The van der Waals surface area contributed by atoms with E-state index >= 15 is 0 Å². The van der Waals surface area contributed by atoms with Gasteiger partial charge in [0.25, 0.3) is 0 Å². The Kier molecular flexibility index (Phi) is 4.18. The molecule has 0 saturated heterocycles. The molecule has 2 rings (SSSR count). The van der Waals surface area contributed by atoms with Gasteiger partial charge in [0.1, 0.15) is 6.33 Å². The molecule has 98 valence electrons. The summed E-state index contributed by atoms with van der Waals surface area (Å²) in [6, 6.07) is 1.67. The van der Waals surface area contributed by atoms with Crippen LogP contribution in [0, 0.1) is 10.1 Å². The summed E-state index contributed by atoms with van der Waals surface area (Å²) >= 11 is 1.03. The number of anilines is 1. The summed E-state index contributed by atoms with van der Waals surface area (Å²) in [5.74, 6) is 0.195. The molecule has 0 aliphatic carbocycles. The lowest BCUT2D eigenvalue weighted by Gasteiger charge is -2.05. The summed E-state index contributed by atoms with van der Waals surface area (Å²) in [6.07, 6.45) is 4.40. The van der Waals surface area contributed by atoms with Crippen LogP contribution in [0.5, 0.6) is 0 Å². The van der Waals surface area contributed by atoms with E-state index in [0.29, 0.717) is 11.7 Å². The Labute approximate surface area is 112 Å². The van der Waals surface area contributed by atoms with E-state index < -0.39 is 4.92 Å². The molecule has 0 saturated carbocycles. The van der Waals surface area contributed by atoms with Crippen LogP contribution in [0.15, 0.2) is 35.0 Å². The Balaban J connectivity index is 2.39. The fourth-order valence-electron chi connectivity index (χ4n) is 1.32. The van der Waals surface area contributed by atoms with Crippen molar-refractivity contribution in [1.29, 1.82) is 0 Å². The molecule has 0 aromatic carbocycles. The minimum atomic E-state index is -0.511. The SMILES string of the molecule is CCNc1ncnc(Sc2ncccn2)c1[N+](=O)[O-]. The first kappa shape index (κ1) is 13.1. The molecule has 19 heavy (non-hydrogen) atoms. The Morgan fingerprint density at radius 3 is 2.68 bits per heavy atom. The lowest BCUT2D eigenvalue weighted by Crippen LogP contribution is -2.05. The third-order valence-electron chi connectivity index (χ3n) is 2.05. The zero-order chi connectivity index (χ0) is 13.7. The number of hydrogen-bond donors (Lipinski definition) is 1. The van der Waals surface area contributed by atoms with E-state index in [0.717, 1.165) is 11.8 Å². The molecule has 0 bridgehead atoms. The van der Waals surface area contributed by atoms with Crippen molar-refractivity contribution in [2.75, 3.05) is 11.9 Å². The van der Waals surface area contributed by atoms with Gasteiger partial charge in [0.15, 0.2) is 10.2 Å². The average Bonchev–Trinajstić information content (AvgIpc) is 2.40. The van der Waals surface area contributed by atoms with Crippen molar-refractivity contribution in [3.63, 3.8) is 0 Å². The minimum Gasteiger partial charge on any atom is -0.364 e. The summed E-state index contributed by atoms with van der Waals surface area (Å²) in [7, 11) is 0.